The Kier molecular flexibility index (Phi) is 4.34. The number of anilines is 2. The zero-order valence-corrected chi connectivity index (χ0v) is 15.0. The van der Waals surface area contributed by atoms with Gasteiger partial charge in [0, 0.05) is 16.8 Å². The SMILES string of the molecule is CC1Cc2ccccc2N1CC(=O)Nc1cc(Cl)ccc1-n1cncn1. The Bertz CT molecular complexity index is 941. The van der Waals surface area contributed by atoms with E-state index in [1.807, 2.05) is 12.1 Å². The molecular formula is C19H18ClN5O. The highest BCUT2D eigenvalue weighted by Gasteiger charge is 2.27. The molecule has 1 atom stereocenters. The number of aromatic nitrogens is 3. The van der Waals surface area contributed by atoms with E-state index in [0.717, 1.165) is 17.8 Å². The molecule has 0 aliphatic carbocycles. The predicted octanol–water partition coefficient (Wildman–Crippen LogP) is 3.31. The van der Waals surface area contributed by atoms with Crippen LogP contribution in [0.4, 0.5) is 11.4 Å². The Balaban J connectivity index is 1.55. The molecule has 0 spiro atoms. The summed E-state index contributed by atoms with van der Waals surface area (Å²) in [5, 5.41) is 7.64. The van der Waals surface area contributed by atoms with Crippen LogP contribution in [0.1, 0.15) is 12.5 Å². The van der Waals surface area contributed by atoms with Crippen LogP contribution in [0.2, 0.25) is 5.02 Å². The van der Waals surface area contributed by atoms with Crippen LogP contribution in [-0.4, -0.2) is 33.3 Å². The molecule has 0 radical (unpaired) electrons. The summed E-state index contributed by atoms with van der Waals surface area (Å²) in [7, 11) is 0. The first-order valence-corrected chi connectivity index (χ1v) is 8.78. The topological polar surface area (TPSA) is 63.1 Å². The van der Waals surface area contributed by atoms with Gasteiger partial charge in [0.2, 0.25) is 5.91 Å². The Morgan fingerprint density at radius 1 is 1.27 bits per heavy atom. The van der Waals surface area contributed by atoms with E-state index >= 15 is 0 Å². The van der Waals surface area contributed by atoms with Crippen LogP contribution in [0.25, 0.3) is 5.69 Å². The van der Waals surface area contributed by atoms with Gasteiger partial charge in [-0.2, -0.15) is 5.10 Å². The predicted molar refractivity (Wildman–Crippen MR) is 102 cm³/mol. The highest BCUT2D eigenvalue weighted by molar-refractivity contribution is 6.31. The highest BCUT2D eigenvalue weighted by Crippen LogP contribution is 2.31. The molecule has 3 aromatic rings. The fraction of sp³-hybridized carbons (Fsp3) is 0.211. The summed E-state index contributed by atoms with van der Waals surface area (Å²) < 4.78 is 1.60. The quantitative estimate of drug-likeness (QED) is 0.768. The van der Waals surface area contributed by atoms with Gasteiger partial charge in [0.15, 0.2) is 0 Å². The monoisotopic (exact) mass is 367 g/mol. The van der Waals surface area contributed by atoms with Crippen molar-refractivity contribution in [3.8, 4) is 5.69 Å². The first-order valence-electron chi connectivity index (χ1n) is 8.41. The van der Waals surface area contributed by atoms with Crippen LogP contribution in [0.15, 0.2) is 55.1 Å². The fourth-order valence-corrected chi connectivity index (χ4v) is 3.53. The highest BCUT2D eigenvalue weighted by atomic mass is 35.5. The molecule has 0 fully saturated rings. The minimum absolute atomic E-state index is 0.0998. The van der Waals surface area contributed by atoms with Crippen LogP contribution in [0, 0.1) is 0 Å². The van der Waals surface area contributed by atoms with E-state index in [9.17, 15) is 4.79 Å². The maximum Gasteiger partial charge on any atom is 0.243 e. The summed E-state index contributed by atoms with van der Waals surface area (Å²) in [6, 6.07) is 13.8. The smallest absolute Gasteiger partial charge is 0.243 e. The van der Waals surface area contributed by atoms with Gasteiger partial charge in [0.1, 0.15) is 12.7 Å². The van der Waals surface area contributed by atoms with E-state index in [1.54, 1.807) is 29.2 Å². The fourth-order valence-electron chi connectivity index (χ4n) is 3.36. The van der Waals surface area contributed by atoms with E-state index in [4.69, 9.17) is 11.6 Å². The molecule has 1 unspecified atom stereocenters. The zero-order valence-electron chi connectivity index (χ0n) is 14.3. The molecule has 26 heavy (non-hydrogen) atoms. The second-order valence-electron chi connectivity index (χ2n) is 6.36. The number of carbonyl (C=O) groups is 1. The van der Waals surface area contributed by atoms with Gasteiger partial charge in [-0.3, -0.25) is 4.79 Å². The molecule has 0 bridgehead atoms. The number of fused-ring (bicyclic) bond motifs is 1. The number of halogens is 1. The average molecular weight is 368 g/mol. The van der Waals surface area contributed by atoms with Gasteiger partial charge in [-0.15, -0.1) is 0 Å². The molecule has 1 N–H and O–H groups in total. The summed E-state index contributed by atoms with van der Waals surface area (Å²) in [5.41, 5.74) is 3.72. The van der Waals surface area contributed by atoms with Crippen LogP contribution in [0.3, 0.4) is 0 Å². The van der Waals surface area contributed by atoms with Crippen molar-refractivity contribution in [3.63, 3.8) is 0 Å². The van der Waals surface area contributed by atoms with Crippen molar-refractivity contribution >= 4 is 28.9 Å². The van der Waals surface area contributed by atoms with Crippen LogP contribution in [-0.2, 0) is 11.2 Å². The normalized spacial score (nSPS) is 15.8. The molecule has 1 amide bonds. The molecular weight excluding hydrogens is 350 g/mol. The van der Waals surface area contributed by atoms with Crippen molar-refractivity contribution in [1.82, 2.24) is 14.8 Å². The molecule has 6 nitrogen and oxygen atoms in total. The number of hydrogen-bond donors (Lipinski definition) is 1. The van der Waals surface area contributed by atoms with Crippen LogP contribution in [0.5, 0.6) is 0 Å². The van der Waals surface area contributed by atoms with E-state index in [2.05, 4.69) is 39.4 Å². The summed E-state index contributed by atoms with van der Waals surface area (Å²) in [5.74, 6) is -0.0998. The Hall–Kier alpha value is -2.86. The molecule has 0 saturated carbocycles. The molecule has 1 aromatic heterocycles. The maximum atomic E-state index is 12.7. The van der Waals surface area contributed by atoms with Gasteiger partial charge in [-0.05, 0) is 43.2 Å². The van der Waals surface area contributed by atoms with Gasteiger partial charge in [0.25, 0.3) is 0 Å². The third kappa shape index (κ3) is 3.15. The molecule has 2 aromatic carbocycles. The largest absolute Gasteiger partial charge is 0.359 e. The summed E-state index contributed by atoms with van der Waals surface area (Å²) in [6.07, 6.45) is 3.98. The lowest BCUT2D eigenvalue weighted by atomic mass is 10.1. The minimum Gasteiger partial charge on any atom is -0.359 e. The number of amides is 1. The molecule has 2 heterocycles. The van der Waals surface area contributed by atoms with Gasteiger partial charge in [0.05, 0.1) is 17.9 Å². The molecule has 132 valence electrons. The van der Waals surface area contributed by atoms with Crippen molar-refractivity contribution in [3.05, 3.63) is 65.7 Å². The standard InChI is InChI=1S/C19H18ClN5O/c1-13-8-14-4-2-3-5-17(14)24(13)10-19(26)23-16-9-15(20)6-7-18(16)25-12-21-11-22-25/h2-7,9,11-13H,8,10H2,1H3,(H,23,26). The van der Waals surface area contributed by atoms with Crippen molar-refractivity contribution in [1.29, 1.82) is 0 Å². The van der Waals surface area contributed by atoms with Crippen molar-refractivity contribution in [2.24, 2.45) is 0 Å². The summed E-state index contributed by atoms with van der Waals surface area (Å²) in [4.78, 5) is 18.8. The number of para-hydroxylation sites is 1. The Labute approximate surface area is 156 Å². The number of benzene rings is 2. The Morgan fingerprint density at radius 3 is 2.92 bits per heavy atom. The van der Waals surface area contributed by atoms with Crippen LogP contribution < -0.4 is 10.2 Å². The second-order valence-corrected chi connectivity index (χ2v) is 6.80. The molecule has 0 saturated heterocycles. The van der Waals surface area contributed by atoms with E-state index in [-0.39, 0.29) is 18.5 Å². The lowest BCUT2D eigenvalue weighted by Gasteiger charge is -2.24. The van der Waals surface area contributed by atoms with Gasteiger partial charge in [-0.25, -0.2) is 9.67 Å². The average Bonchev–Trinajstić information content (AvgIpc) is 3.24. The lowest BCUT2D eigenvalue weighted by Crippen LogP contribution is -2.37. The van der Waals surface area contributed by atoms with Crippen molar-refractivity contribution in [2.45, 2.75) is 19.4 Å². The minimum atomic E-state index is -0.0998. The van der Waals surface area contributed by atoms with Crippen molar-refractivity contribution in [2.75, 3.05) is 16.8 Å². The second kappa shape index (κ2) is 6.80. The number of nitrogens with one attached hydrogen (secondary N) is 1. The van der Waals surface area contributed by atoms with Crippen LogP contribution >= 0.6 is 11.6 Å². The third-order valence-electron chi connectivity index (χ3n) is 4.56. The van der Waals surface area contributed by atoms with E-state index in [1.165, 1.54) is 11.9 Å². The molecule has 1 aliphatic rings. The number of nitrogens with zero attached hydrogens (tertiary/aromatic N) is 4. The molecule has 4 rings (SSSR count). The summed E-state index contributed by atoms with van der Waals surface area (Å²) in [6.45, 7) is 2.41. The number of rotatable bonds is 4. The number of hydrogen-bond acceptors (Lipinski definition) is 4. The van der Waals surface area contributed by atoms with E-state index < -0.39 is 0 Å². The maximum absolute atomic E-state index is 12.7. The first-order chi connectivity index (χ1) is 12.6. The van der Waals surface area contributed by atoms with Crippen molar-refractivity contribution < 1.29 is 4.79 Å². The summed E-state index contributed by atoms with van der Waals surface area (Å²) >= 11 is 6.12. The molecule has 7 heteroatoms. The first kappa shape index (κ1) is 16.6. The zero-order chi connectivity index (χ0) is 18.1. The lowest BCUT2D eigenvalue weighted by molar-refractivity contribution is -0.115. The van der Waals surface area contributed by atoms with Gasteiger partial charge in [-0.1, -0.05) is 29.8 Å². The third-order valence-corrected chi connectivity index (χ3v) is 4.80. The van der Waals surface area contributed by atoms with Gasteiger partial charge < -0.3 is 10.2 Å². The van der Waals surface area contributed by atoms with E-state index in [0.29, 0.717) is 10.7 Å². The number of carbonyl (C=O) groups excluding carboxylic acids is 1. The molecule has 1 aliphatic heterocycles. The van der Waals surface area contributed by atoms with Gasteiger partial charge >= 0.3 is 0 Å². The Morgan fingerprint density at radius 2 is 2.12 bits per heavy atom.